The summed E-state index contributed by atoms with van der Waals surface area (Å²) >= 11 is 0. The van der Waals surface area contributed by atoms with Crippen LogP contribution >= 0.6 is 0 Å². The lowest BCUT2D eigenvalue weighted by atomic mass is 10.1. The summed E-state index contributed by atoms with van der Waals surface area (Å²) in [5.41, 5.74) is 0.297. The lowest BCUT2D eigenvalue weighted by molar-refractivity contribution is 0.0664. The number of sulfonamides is 1. The van der Waals surface area contributed by atoms with Gasteiger partial charge in [0, 0.05) is 18.6 Å². The Bertz CT molecular complexity index is 721. The number of imide groups is 1. The molecule has 0 aliphatic carbocycles. The van der Waals surface area contributed by atoms with Gasteiger partial charge in [-0.3, -0.25) is 14.5 Å². The van der Waals surface area contributed by atoms with Crippen molar-refractivity contribution in [3.8, 4) is 0 Å². The number of nitrogens with zero attached hydrogens (tertiary/aromatic N) is 2. The highest BCUT2D eigenvalue weighted by Crippen LogP contribution is 2.22. The Kier molecular flexibility index (Phi) is 5.12. The fourth-order valence-electron chi connectivity index (χ4n) is 2.17. The number of nitrogens with one attached hydrogen (secondary N) is 1. The summed E-state index contributed by atoms with van der Waals surface area (Å²) in [5, 5.41) is 0. The van der Waals surface area contributed by atoms with Gasteiger partial charge in [-0.15, -0.1) is 0 Å². The number of rotatable bonds is 7. The Morgan fingerprint density at radius 2 is 1.58 bits per heavy atom. The van der Waals surface area contributed by atoms with E-state index in [0.29, 0.717) is 11.1 Å². The second-order valence-electron chi connectivity index (χ2n) is 6.65. The average Bonchev–Trinajstić information content (AvgIpc) is 2.76. The number of hydrogen-bond acceptors (Lipinski definition) is 5. The third-order valence-electron chi connectivity index (χ3n) is 4.40. The van der Waals surface area contributed by atoms with Crippen molar-refractivity contribution in [1.29, 1.82) is 0 Å². The molecular weight excluding hydrogens is 330 g/mol. The number of carbonyl (C=O) groups excluding carboxylic acids is 2. The molecule has 1 aliphatic rings. The minimum absolute atomic E-state index is 0.163. The number of likely N-dealkylation sites (N-methyl/N-ethyl adjacent to an activating group) is 1. The topological polar surface area (TPSA) is 86.8 Å². The third-order valence-corrected chi connectivity index (χ3v) is 5.70. The molecule has 132 valence electrons. The molecule has 0 fully saturated rings. The normalized spacial score (nSPS) is 15.3. The first-order valence-corrected chi connectivity index (χ1v) is 9.30. The molecule has 0 saturated carbocycles. The number of benzene rings is 1. The summed E-state index contributed by atoms with van der Waals surface area (Å²) in [4.78, 5) is 27.3. The van der Waals surface area contributed by atoms with Crippen molar-refractivity contribution < 1.29 is 18.0 Å². The lowest BCUT2D eigenvalue weighted by Gasteiger charge is -2.32. The molecule has 8 heteroatoms. The average molecular weight is 353 g/mol. The van der Waals surface area contributed by atoms with Gasteiger partial charge < -0.3 is 4.90 Å². The van der Waals surface area contributed by atoms with E-state index in [1.807, 2.05) is 32.8 Å². The zero-order valence-electron chi connectivity index (χ0n) is 14.4. The number of hydrogen-bond donors (Lipinski definition) is 1. The molecule has 0 spiro atoms. The molecule has 2 rings (SSSR count). The zero-order valence-corrected chi connectivity index (χ0v) is 15.2. The highest BCUT2D eigenvalue weighted by Gasteiger charge is 2.35. The quantitative estimate of drug-likeness (QED) is 0.723. The van der Waals surface area contributed by atoms with Gasteiger partial charge in [-0.05, 0) is 40.1 Å². The van der Waals surface area contributed by atoms with Gasteiger partial charge in [0.1, 0.15) is 0 Å². The number of amides is 2. The monoisotopic (exact) mass is 353 g/mol. The van der Waals surface area contributed by atoms with Crippen molar-refractivity contribution in [1.82, 2.24) is 14.5 Å². The summed E-state index contributed by atoms with van der Waals surface area (Å²) < 4.78 is 26.9. The Balaban J connectivity index is 1.99. The molecule has 1 aliphatic heterocycles. The standard InChI is InChI=1S/C16H23N3O4S/c1-16(2,18(3)4)11-17-24(22,23)10-9-19-14(20)12-7-5-6-8-13(12)15(19)21/h5-8,17H,9-11H2,1-4H3. The third kappa shape index (κ3) is 3.82. The molecule has 0 atom stereocenters. The maximum Gasteiger partial charge on any atom is 0.261 e. The minimum atomic E-state index is -3.59. The molecule has 1 aromatic rings. The van der Waals surface area contributed by atoms with E-state index in [-0.39, 0.29) is 24.4 Å². The second-order valence-corrected chi connectivity index (χ2v) is 8.58. The van der Waals surface area contributed by atoms with E-state index in [2.05, 4.69) is 4.72 Å². The molecular formula is C16H23N3O4S. The van der Waals surface area contributed by atoms with Crippen LogP contribution < -0.4 is 4.72 Å². The molecule has 0 radical (unpaired) electrons. The summed E-state index contributed by atoms with van der Waals surface area (Å²) in [6, 6.07) is 6.49. The fraction of sp³-hybridized carbons (Fsp3) is 0.500. The highest BCUT2D eigenvalue weighted by atomic mass is 32.2. The van der Waals surface area contributed by atoms with Crippen LogP contribution in [0.1, 0.15) is 34.6 Å². The summed E-state index contributed by atoms with van der Waals surface area (Å²) in [6.07, 6.45) is 0. The van der Waals surface area contributed by atoms with Crippen LogP contribution in [0.2, 0.25) is 0 Å². The number of fused-ring (bicyclic) bond motifs is 1. The van der Waals surface area contributed by atoms with Crippen molar-refractivity contribution >= 4 is 21.8 Å². The highest BCUT2D eigenvalue weighted by molar-refractivity contribution is 7.89. The van der Waals surface area contributed by atoms with Crippen LogP contribution in [0.25, 0.3) is 0 Å². The maximum atomic E-state index is 12.2. The van der Waals surface area contributed by atoms with Crippen molar-refractivity contribution in [2.75, 3.05) is 32.9 Å². The second kappa shape index (κ2) is 6.62. The molecule has 0 bridgehead atoms. The predicted molar refractivity (Wildman–Crippen MR) is 91.4 cm³/mol. The van der Waals surface area contributed by atoms with Gasteiger partial charge in [0.2, 0.25) is 10.0 Å². The van der Waals surface area contributed by atoms with Gasteiger partial charge in [-0.25, -0.2) is 13.1 Å². The Morgan fingerprint density at radius 1 is 1.08 bits per heavy atom. The Morgan fingerprint density at radius 3 is 2.04 bits per heavy atom. The first-order chi connectivity index (χ1) is 11.1. The first kappa shape index (κ1) is 18.6. The van der Waals surface area contributed by atoms with Crippen molar-refractivity contribution in [2.45, 2.75) is 19.4 Å². The van der Waals surface area contributed by atoms with Gasteiger partial charge >= 0.3 is 0 Å². The number of carbonyl (C=O) groups is 2. The van der Waals surface area contributed by atoms with E-state index in [4.69, 9.17) is 0 Å². The van der Waals surface area contributed by atoms with Crippen LogP contribution in [0.4, 0.5) is 0 Å². The maximum absolute atomic E-state index is 12.2. The van der Waals surface area contributed by atoms with Gasteiger partial charge in [-0.2, -0.15) is 0 Å². The van der Waals surface area contributed by atoms with E-state index in [9.17, 15) is 18.0 Å². The van der Waals surface area contributed by atoms with Gasteiger partial charge in [0.25, 0.3) is 11.8 Å². The molecule has 24 heavy (non-hydrogen) atoms. The van der Waals surface area contributed by atoms with Crippen LogP contribution in [-0.4, -0.2) is 68.5 Å². The van der Waals surface area contributed by atoms with Crippen LogP contribution in [-0.2, 0) is 10.0 Å². The first-order valence-electron chi connectivity index (χ1n) is 7.65. The van der Waals surface area contributed by atoms with Crippen LogP contribution in [0.5, 0.6) is 0 Å². The van der Waals surface area contributed by atoms with E-state index in [1.54, 1.807) is 24.3 Å². The van der Waals surface area contributed by atoms with Crippen molar-refractivity contribution in [2.24, 2.45) is 0 Å². The molecule has 1 N–H and O–H groups in total. The summed E-state index contributed by atoms with van der Waals surface area (Å²) in [7, 11) is 0.144. The van der Waals surface area contributed by atoms with Crippen molar-refractivity contribution in [3.05, 3.63) is 35.4 Å². The molecule has 7 nitrogen and oxygen atoms in total. The largest absolute Gasteiger partial charge is 0.303 e. The molecule has 2 amide bonds. The van der Waals surface area contributed by atoms with E-state index in [1.165, 1.54) is 0 Å². The molecule has 0 unspecified atom stereocenters. The smallest absolute Gasteiger partial charge is 0.261 e. The van der Waals surface area contributed by atoms with Crippen LogP contribution in [0.3, 0.4) is 0 Å². The molecule has 0 aromatic heterocycles. The van der Waals surface area contributed by atoms with E-state index < -0.39 is 21.8 Å². The van der Waals surface area contributed by atoms with Crippen molar-refractivity contribution in [3.63, 3.8) is 0 Å². The van der Waals surface area contributed by atoms with Crippen LogP contribution in [0.15, 0.2) is 24.3 Å². The summed E-state index contributed by atoms with van der Waals surface area (Å²) in [6.45, 7) is 3.91. The summed E-state index contributed by atoms with van der Waals surface area (Å²) in [5.74, 6) is -1.21. The SMILES string of the molecule is CN(C)C(C)(C)CNS(=O)(=O)CCN1C(=O)c2ccccc2C1=O. The Labute approximate surface area is 142 Å². The Hall–Kier alpha value is -1.77. The predicted octanol–water partition coefficient (Wildman–Crippen LogP) is 0.542. The van der Waals surface area contributed by atoms with Crippen LogP contribution in [0, 0.1) is 0 Å². The fourth-order valence-corrected chi connectivity index (χ4v) is 3.31. The lowest BCUT2D eigenvalue weighted by Crippen LogP contribution is -2.49. The van der Waals surface area contributed by atoms with Gasteiger partial charge in [0.15, 0.2) is 0 Å². The minimum Gasteiger partial charge on any atom is -0.303 e. The molecule has 0 saturated heterocycles. The van der Waals surface area contributed by atoms with E-state index in [0.717, 1.165) is 4.90 Å². The molecule has 1 aromatic carbocycles. The van der Waals surface area contributed by atoms with Gasteiger partial charge in [0.05, 0.1) is 16.9 Å². The van der Waals surface area contributed by atoms with Gasteiger partial charge in [-0.1, -0.05) is 12.1 Å². The molecule has 1 heterocycles. The van der Waals surface area contributed by atoms with E-state index >= 15 is 0 Å². The zero-order chi connectivity index (χ0) is 18.1.